The molecular weight excluding hydrogens is 220 g/mol. The molecule has 0 bridgehead atoms. The Kier molecular flexibility index (Phi) is 4.69. The minimum absolute atomic E-state index is 0.0370. The van der Waals surface area contributed by atoms with Crippen LogP contribution in [0.1, 0.15) is 6.92 Å². The van der Waals surface area contributed by atoms with Gasteiger partial charge in [0, 0.05) is 6.08 Å². The first-order chi connectivity index (χ1) is 8.13. The van der Waals surface area contributed by atoms with E-state index in [1.165, 1.54) is 12.2 Å². The smallest absolute Gasteiger partial charge is 0.336 e. The maximum atomic E-state index is 11.3. The van der Waals surface area contributed by atoms with Crippen molar-refractivity contribution in [3.8, 4) is 5.75 Å². The van der Waals surface area contributed by atoms with Crippen LogP contribution in [0, 0.1) is 0 Å². The summed E-state index contributed by atoms with van der Waals surface area (Å²) in [5, 5.41) is 8.70. The quantitative estimate of drug-likeness (QED) is 0.374. The Balaban J connectivity index is 2.62. The van der Waals surface area contributed by atoms with Crippen molar-refractivity contribution in [1.29, 1.82) is 0 Å². The number of esters is 1. The first kappa shape index (κ1) is 12.7. The minimum atomic E-state index is -1.09. The topological polar surface area (TPSA) is 63.6 Å². The molecule has 1 N–H and O–H groups in total. The number of allylic oxidation sites excluding steroid dienone is 1. The van der Waals surface area contributed by atoms with E-state index in [0.29, 0.717) is 5.75 Å². The summed E-state index contributed by atoms with van der Waals surface area (Å²) in [6.07, 6.45) is 3.68. The molecule has 0 atom stereocenters. The number of hydrogen-bond acceptors (Lipinski definition) is 3. The molecule has 0 aliphatic carbocycles. The lowest BCUT2D eigenvalue weighted by Gasteiger charge is -1.99. The molecule has 4 heteroatoms. The van der Waals surface area contributed by atoms with Gasteiger partial charge in [0.05, 0.1) is 5.57 Å². The molecular formula is C13H12O4. The largest absolute Gasteiger partial charge is 0.478 e. The van der Waals surface area contributed by atoms with Crippen LogP contribution in [0.25, 0.3) is 0 Å². The number of benzene rings is 1. The van der Waals surface area contributed by atoms with Crippen molar-refractivity contribution in [2.75, 3.05) is 0 Å². The molecule has 1 aromatic carbocycles. The molecule has 0 heterocycles. The van der Waals surface area contributed by atoms with E-state index in [-0.39, 0.29) is 5.57 Å². The number of carbonyl (C=O) groups excluding carboxylic acids is 1. The maximum absolute atomic E-state index is 11.3. The second kappa shape index (κ2) is 6.27. The molecule has 0 saturated heterocycles. The zero-order chi connectivity index (χ0) is 12.7. The van der Waals surface area contributed by atoms with Crippen LogP contribution >= 0.6 is 0 Å². The van der Waals surface area contributed by atoms with Gasteiger partial charge >= 0.3 is 11.9 Å². The summed E-state index contributed by atoms with van der Waals surface area (Å²) in [6, 6.07) is 8.55. The third-order valence-electron chi connectivity index (χ3n) is 1.92. The summed E-state index contributed by atoms with van der Waals surface area (Å²) < 4.78 is 4.94. The zero-order valence-electron chi connectivity index (χ0n) is 9.29. The molecule has 1 rings (SSSR count). The Morgan fingerprint density at radius 3 is 2.35 bits per heavy atom. The van der Waals surface area contributed by atoms with Crippen molar-refractivity contribution in [1.82, 2.24) is 0 Å². The van der Waals surface area contributed by atoms with Gasteiger partial charge < -0.3 is 9.84 Å². The van der Waals surface area contributed by atoms with Crippen LogP contribution in [0.4, 0.5) is 0 Å². The monoisotopic (exact) mass is 232 g/mol. The van der Waals surface area contributed by atoms with Crippen molar-refractivity contribution in [2.45, 2.75) is 6.92 Å². The van der Waals surface area contributed by atoms with Gasteiger partial charge in [-0.15, -0.1) is 0 Å². The Labute approximate surface area is 98.8 Å². The van der Waals surface area contributed by atoms with Crippen LogP contribution in [-0.2, 0) is 9.59 Å². The average Bonchev–Trinajstić information content (AvgIpc) is 2.30. The van der Waals surface area contributed by atoms with Crippen molar-refractivity contribution in [3.05, 3.63) is 54.1 Å². The number of carbonyl (C=O) groups is 2. The highest BCUT2D eigenvalue weighted by Crippen LogP contribution is 2.08. The predicted octanol–water partition coefficient (Wildman–Crippen LogP) is 2.18. The van der Waals surface area contributed by atoms with E-state index < -0.39 is 11.9 Å². The fraction of sp³-hybridized carbons (Fsp3) is 0.0769. The highest BCUT2D eigenvalue weighted by molar-refractivity contribution is 5.93. The number of carboxylic acids is 1. The maximum Gasteiger partial charge on any atom is 0.336 e. The number of rotatable bonds is 4. The molecule has 0 saturated carbocycles. The van der Waals surface area contributed by atoms with E-state index in [2.05, 4.69) is 0 Å². The van der Waals surface area contributed by atoms with Crippen LogP contribution in [0.5, 0.6) is 5.75 Å². The van der Waals surface area contributed by atoms with Gasteiger partial charge in [-0.2, -0.15) is 0 Å². The van der Waals surface area contributed by atoms with E-state index in [1.807, 2.05) is 0 Å². The predicted molar refractivity (Wildman–Crippen MR) is 62.6 cm³/mol. The number of ether oxygens (including phenoxy) is 1. The summed E-state index contributed by atoms with van der Waals surface area (Å²) in [5.74, 6) is -1.28. The van der Waals surface area contributed by atoms with Crippen LogP contribution in [0.15, 0.2) is 54.1 Å². The molecule has 0 unspecified atom stereocenters. The Morgan fingerprint density at radius 1 is 1.18 bits per heavy atom. The van der Waals surface area contributed by atoms with Gasteiger partial charge in [0.25, 0.3) is 0 Å². The molecule has 0 amide bonds. The molecule has 17 heavy (non-hydrogen) atoms. The summed E-state index contributed by atoms with van der Waals surface area (Å²) in [6.45, 7) is 1.58. The summed E-state index contributed by atoms with van der Waals surface area (Å²) in [4.78, 5) is 22.0. The normalized spacial score (nSPS) is 11.5. The van der Waals surface area contributed by atoms with Crippen molar-refractivity contribution in [3.63, 3.8) is 0 Å². The Hall–Kier alpha value is -2.36. The third-order valence-corrected chi connectivity index (χ3v) is 1.92. The standard InChI is InChI=1S/C13H12O4/c1-2-10(13(15)16)8-9-12(14)17-11-6-4-3-5-7-11/h2-9H,1H3,(H,15,16)/b9-8+,10-2-. The van der Waals surface area contributed by atoms with Crippen LogP contribution in [0.3, 0.4) is 0 Å². The van der Waals surface area contributed by atoms with Crippen molar-refractivity contribution >= 4 is 11.9 Å². The zero-order valence-corrected chi connectivity index (χ0v) is 9.29. The van der Waals surface area contributed by atoms with Gasteiger partial charge in [-0.1, -0.05) is 24.3 Å². The van der Waals surface area contributed by atoms with Crippen molar-refractivity contribution in [2.24, 2.45) is 0 Å². The lowest BCUT2D eigenvalue weighted by Crippen LogP contribution is -2.05. The second-order valence-corrected chi connectivity index (χ2v) is 3.12. The highest BCUT2D eigenvalue weighted by Gasteiger charge is 2.03. The van der Waals surface area contributed by atoms with Gasteiger partial charge in [0.15, 0.2) is 0 Å². The number of para-hydroxylation sites is 1. The van der Waals surface area contributed by atoms with Crippen LogP contribution < -0.4 is 4.74 Å². The minimum Gasteiger partial charge on any atom is -0.478 e. The van der Waals surface area contributed by atoms with Gasteiger partial charge in [0.1, 0.15) is 5.75 Å². The fourth-order valence-corrected chi connectivity index (χ4v) is 1.09. The first-order valence-corrected chi connectivity index (χ1v) is 4.98. The summed E-state index contributed by atoms with van der Waals surface area (Å²) in [5.41, 5.74) is 0.0370. The third kappa shape index (κ3) is 4.34. The van der Waals surface area contributed by atoms with Gasteiger partial charge in [-0.25, -0.2) is 9.59 Å². The highest BCUT2D eigenvalue weighted by atomic mass is 16.5. The summed E-state index contributed by atoms with van der Waals surface area (Å²) in [7, 11) is 0. The van der Waals surface area contributed by atoms with Gasteiger partial charge in [-0.05, 0) is 25.1 Å². The average molecular weight is 232 g/mol. The van der Waals surface area contributed by atoms with Gasteiger partial charge in [0.2, 0.25) is 0 Å². The molecule has 4 nitrogen and oxygen atoms in total. The van der Waals surface area contributed by atoms with E-state index in [1.54, 1.807) is 37.3 Å². The molecule has 0 aliphatic heterocycles. The molecule has 1 aromatic rings. The van der Waals surface area contributed by atoms with Crippen LogP contribution in [0.2, 0.25) is 0 Å². The van der Waals surface area contributed by atoms with E-state index >= 15 is 0 Å². The van der Waals surface area contributed by atoms with Gasteiger partial charge in [-0.3, -0.25) is 0 Å². The Bertz CT molecular complexity index is 458. The number of aliphatic carboxylic acids is 1. The Morgan fingerprint density at radius 2 is 1.82 bits per heavy atom. The molecule has 0 fully saturated rings. The SMILES string of the molecule is C/C=C(/C=C/C(=O)Oc1ccccc1)C(=O)O. The van der Waals surface area contributed by atoms with Crippen LogP contribution in [-0.4, -0.2) is 17.0 Å². The lowest BCUT2D eigenvalue weighted by atomic mass is 10.2. The van der Waals surface area contributed by atoms with Crippen molar-refractivity contribution < 1.29 is 19.4 Å². The second-order valence-electron chi connectivity index (χ2n) is 3.12. The summed E-state index contributed by atoms with van der Waals surface area (Å²) >= 11 is 0. The molecule has 0 aromatic heterocycles. The fourth-order valence-electron chi connectivity index (χ4n) is 1.09. The van der Waals surface area contributed by atoms with E-state index in [4.69, 9.17) is 9.84 Å². The molecule has 0 aliphatic rings. The lowest BCUT2D eigenvalue weighted by molar-refractivity contribution is -0.132. The number of hydrogen-bond donors (Lipinski definition) is 1. The van der Waals surface area contributed by atoms with E-state index in [0.717, 1.165) is 6.08 Å². The first-order valence-electron chi connectivity index (χ1n) is 4.98. The van der Waals surface area contributed by atoms with E-state index in [9.17, 15) is 9.59 Å². The number of carboxylic acid groups (broad SMARTS) is 1. The molecule has 0 radical (unpaired) electrons. The molecule has 88 valence electrons. The molecule has 0 spiro atoms.